The van der Waals surface area contributed by atoms with E-state index in [4.69, 9.17) is 21.4 Å². The topological polar surface area (TPSA) is 36.0 Å². The summed E-state index contributed by atoms with van der Waals surface area (Å²) < 4.78 is 6.85. The predicted octanol–water partition coefficient (Wildman–Crippen LogP) is 2.47. The fraction of sp³-hybridized carbons (Fsp3) is 1.00. The highest BCUT2D eigenvalue weighted by molar-refractivity contribution is 6.18. The van der Waals surface area contributed by atoms with Crippen molar-refractivity contribution in [3.05, 3.63) is 0 Å². The maximum absolute atomic E-state index is 9.05. The van der Waals surface area contributed by atoms with Crippen molar-refractivity contribution >= 4 is 11.6 Å². The van der Waals surface area contributed by atoms with E-state index < -0.39 is 0 Å². The van der Waals surface area contributed by atoms with Crippen molar-refractivity contribution in [2.75, 3.05) is 89.0 Å². The van der Waals surface area contributed by atoms with E-state index in [1.807, 2.05) is 47.2 Å². The molecule has 1 aliphatic rings. The van der Waals surface area contributed by atoms with E-state index >= 15 is 0 Å². The van der Waals surface area contributed by atoms with Gasteiger partial charge in [-0.1, -0.05) is 22.3 Å². The van der Waals surface area contributed by atoms with Crippen LogP contribution in [0.2, 0.25) is 0 Å². The van der Waals surface area contributed by atoms with Crippen molar-refractivity contribution in [3.63, 3.8) is 0 Å². The average Bonchev–Trinajstić information content (AvgIpc) is 2.96. The van der Waals surface area contributed by atoms with Crippen LogP contribution in [0.15, 0.2) is 0 Å². The van der Waals surface area contributed by atoms with Crippen molar-refractivity contribution < 1.29 is 18.8 Å². The molecule has 1 aliphatic heterocycles. The van der Waals surface area contributed by atoms with Gasteiger partial charge in [-0.05, 0) is 21.1 Å². The lowest BCUT2D eigenvalue weighted by molar-refractivity contribution is -0.873. The first kappa shape index (κ1) is 35.2. The molecule has 1 fully saturated rings. The number of nitrogens with zero attached hydrogens (tertiary/aromatic N) is 3. The lowest BCUT2D eigenvalue weighted by atomic mass is 10.3. The number of aliphatic hydroxyl groups is 1. The van der Waals surface area contributed by atoms with Crippen LogP contribution in [0.3, 0.4) is 0 Å². The Labute approximate surface area is 159 Å². The highest BCUT2D eigenvalue weighted by Crippen LogP contribution is 2.11. The van der Waals surface area contributed by atoms with E-state index in [1.54, 1.807) is 0 Å². The van der Waals surface area contributed by atoms with Crippen molar-refractivity contribution in [1.29, 1.82) is 0 Å². The van der Waals surface area contributed by atoms with Gasteiger partial charge in [0.05, 0.1) is 54.8 Å². The Morgan fingerprint density at radius 1 is 1.00 bits per heavy atom. The molecule has 1 heterocycles. The Hall–Kier alpha value is 0.0900. The third kappa shape index (κ3) is 43.1. The molecule has 0 aromatic carbocycles. The molecule has 1 rings (SSSR count). The van der Waals surface area contributed by atoms with E-state index in [-0.39, 0.29) is 28.4 Å². The molecule has 0 aliphatic carbocycles. The van der Waals surface area contributed by atoms with Gasteiger partial charge in [-0.2, -0.15) is 0 Å². The minimum atomic E-state index is -0.369. The molecular formula is C18H50ClN3O2+2. The third-order valence-corrected chi connectivity index (χ3v) is 2.45. The van der Waals surface area contributed by atoms with Crippen LogP contribution in [-0.2, 0) is 4.74 Å². The maximum atomic E-state index is 9.05. The summed E-state index contributed by atoms with van der Waals surface area (Å²) in [5.74, 6) is 0.329. The number of likely N-dealkylation sites (N-methyl/N-ethyl adjacent to an activating group) is 2. The summed E-state index contributed by atoms with van der Waals surface area (Å²) in [7, 11) is 18.6. The SMILES string of the molecule is C.C.C.CN(C)C.C[N+](C)(C)CC(O)CCl.C[N+](C)(C)CC1CO1. The first-order valence-electron chi connectivity index (χ1n) is 7.34. The number of alkyl halides is 1. The molecule has 6 heteroatoms. The van der Waals surface area contributed by atoms with Crippen LogP contribution in [0.5, 0.6) is 0 Å². The molecule has 0 radical (unpaired) electrons. The third-order valence-electron chi connectivity index (χ3n) is 2.09. The number of aliphatic hydroxyl groups excluding tert-OH is 1. The van der Waals surface area contributed by atoms with Crippen LogP contribution in [-0.4, -0.2) is 120 Å². The predicted molar refractivity (Wildman–Crippen MR) is 112 cm³/mol. The molecule has 2 atom stereocenters. The van der Waals surface area contributed by atoms with Crippen LogP contribution in [0, 0.1) is 0 Å². The molecule has 0 spiro atoms. The minimum Gasteiger partial charge on any atom is -0.386 e. The Morgan fingerprint density at radius 2 is 1.33 bits per heavy atom. The molecule has 0 saturated carbocycles. The van der Waals surface area contributed by atoms with Gasteiger partial charge in [0.15, 0.2) is 0 Å². The average molecular weight is 376 g/mol. The molecule has 2 unspecified atom stereocenters. The number of ether oxygens (including phenoxy) is 1. The molecule has 154 valence electrons. The van der Waals surface area contributed by atoms with E-state index in [9.17, 15) is 0 Å². The monoisotopic (exact) mass is 375 g/mol. The number of epoxide rings is 1. The van der Waals surface area contributed by atoms with E-state index in [1.165, 1.54) is 0 Å². The Bertz CT molecular complexity index is 245. The van der Waals surface area contributed by atoms with Crippen LogP contribution < -0.4 is 0 Å². The number of hydrogen-bond donors (Lipinski definition) is 1. The van der Waals surface area contributed by atoms with Crippen molar-refractivity contribution in [2.24, 2.45) is 0 Å². The molecule has 0 aromatic rings. The normalized spacial score (nSPS) is 16.8. The lowest BCUT2D eigenvalue weighted by Crippen LogP contribution is -2.41. The summed E-state index contributed by atoms with van der Waals surface area (Å²) in [6.45, 7) is 2.85. The lowest BCUT2D eigenvalue weighted by Gasteiger charge is -2.25. The van der Waals surface area contributed by atoms with Gasteiger partial charge in [0.2, 0.25) is 0 Å². The zero-order valence-corrected chi connectivity index (χ0v) is 16.3. The van der Waals surface area contributed by atoms with E-state index in [0.29, 0.717) is 18.5 Å². The minimum absolute atomic E-state index is 0. The fourth-order valence-electron chi connectivity index (χ4n) is 1.47. The summed E-state index contributed by atoms with van der Waals surface area (Å²) in [5.41, 5.74) is 0. The fourth-order valence-corrected chi connectivity index (χ4v) is 1.56. The molecule has 0 aromatic heterocycles. The zero-order valence-electron chi connectivity index (χ0n) is 15.6. The largest absolute Gasteiger partial charge is 0.386 e. The van der Waals surface area contributed by atoms with Crippen molar-refractivity contribution in [3.8, 4) is 0 Å². The number of hydrogen-bond acceptors (Lipinski definition) is 3. The van der Waals surface area contributed by atoms with Crippen LogP contribution in [0.4, 0.5) is 0 Å². The van der Waals surface area contributed by atoms with Gasteiger partial charge < -0.3 is 23.7 Å². The van der Waals surface area contributed by atoms with Crippen molar-refractivity contribution in [1.82, 2.24) is 4.90 Å². The number of halogens is 1. The smallest absolute Gasteiger partial charge is 0.130 e. The van der Waals surface area contributed by atoms with Gasteiger partial charge in [-0.15, -0.1) is 11.6 Å². The zero-order chi connectivity index (χ0) is 17.3. The highest BCUT2D eigenvalue weighted by atomic mass is 35.5. The molecule has 24 heavy (non-hydrogen) atoms. The second-order valence-corrected chi connectivity index (χ2v) is 8.36. The molecule has 1 saturated heterocycles. The van der Waals surface area contributed by atoms with Crippen molar-refractivity contribution in [2.45, 2.75) is 34.5 Å². The van der Waals surface area contributed by atoms with E-state index in [2.05, 4.69) is 21.1 Å². The van der Waals surface area contributed by atoms with Gasteiger partial charge in [0.25, 0.3) is 0 Å². The molecule has 5 nitrogen and oxygen atoms in total. The number of quaternary nitrogens is 2. The summed E-state index contributed by atoms with van der Waals surface area (Å²) in [6.07, 6.45) is 0.196. The van der Waals surface area contributed by atoms with Gasteiger partial charge in [-0.25, -0.2) is 0 Å². The first-order chi connectivity index (χ1) is 9.26. The van der Waals surface area contributed by atoms with Crippen LogP contribution in [0.25, 0.3) is 0 Å². The summed E-state index contributed by atoms with van der Waals surface area (Å²) in [5, 5.41) is 9.05. The van der Waals surface area contributed by atoms with Gasteiger partial charge >= 0.3 is 0 Å². The molecule has 1 N–H and O–H groups in total. The quantitative estimate of drug-likeness (QED) is 0.455. The summed E-state index contributed by atoms with van der Waals surface area (Å²) in [4.78, 5) is 2.00. The van der Waals surface area contributed by atoms with Gasteiger partial charge in [-0.3, -0.25) is 0 Å². The Balaban J connectivity index is -0.0000000749. The van der Waals surface area contributed by atoms with Crippen LogP contribution >= 0.6 is 11.6 Å². The van der Waals surface area contributed by atoms with Gasteiger partial charge in [0.1, 0.15) is 25.3 Å². The Morgan fingerprint density at radius 3 is 1.42 bits per heavy atom. The highest BCUT2D eigenvalue weighted by Gasteiger charge is 2.28. The second-order valence-electron chi connectivity index (χ2n) is 8.05. The van der Waals surface area contributed by atoms with Crippen LogP contribution in [0.1, 0.15) is 22.3 Å². The standard InChI is InChI=1S/C6H15ClNO.C6H14NO.C3H9N.3CH4/c1-8(2,3)5-6(9)4-7;1-7(2,3)4-6-5-8-6;1-4(2)3;;;/h6,9H,4-5H2,1-3H3;6H,4-5H2,1-3H3;1-3H3;3*1H4/q2*+1;;;;. The summed E-state index contributed by atoms with van der Waals surface area (Å²) in [6, 6.07) is 0. The molecule has 0 bridgehead atoms. The van der Waals surface area contributed by atoms with Gasteiger partial charge in [0, 0.05) is 0 Å². The second kappa shape index (κ2) is 16.6. The van der Waals surface area contributed by atoms with E-state index in [0.717, 1.165) is 22.1 Å². The number of rotatable bonds is 5. The Kier molecular flexibility index (Phi) is 24.3. The summed E-state index contributed by atoms with van der Waals surface area (Å²) >= 11 is 5.40. The first-order valence-corrected chi connectivity index (χ1v) is 7.87. The maximum Gasteiger partial charge on any atom is 0.130 e. The molecule has 0 amide bonds. The molecular weight excluding hydrogens is 326 g/mol.